The zero-order valence-electron chi connectivity index (χ0n) is 11.5. The minimum atomic E-state index is -1.15. The van der Waals surface area contributed by atoms with E-state index in [1.54, 1.807) is 0 Å². The summed E-state index contributed by atoms with van der Waals surface area (Å²) in [5, 5.41) is 11.9. The third-order valence-corrected chi connectivity index (χ3v) is 4.55. The Bertz CT molecular complexity index is 535. The molecule has 0 spiro atoms. The van der Waals surface area contributed by atoms with E-state index in [-0.39, 0.29) is 28.1 Å². The van der Waals surface area contributed by atoms with E-state index >= 15 is 0 Å². The Morgan fingerprint density at radius 2 is 1.84 bits per heavy atom. The van der Waals surface area contributed by atoms with Crippen LogP contribution in [0.2, 0.25) is 0 Å². The predicted octanol–water partition coefficient (Wildman–Crippen LogP) is 1.94. The van der Waals surface area contributed by atoms with Gasteiger partial charge < -0.3 is 10.4 Å². The van der Waals surface area contributed by atoms with Crippen LogP contribution in [-0.2, 0) is 0 Å². The molecule has 0 bridgehead atoms. The Morgan fingerprint density at radius 1 is 1.26 bits per heavy atom. The summed E-state index contributed by atoms with van der Waals surface area (Å²) in [6, 6.07) is 2.91. The van der Waals surface area contributed by atoms with Crippen LogP contribution in [0.25, 0.3) is 0 Å². The van der Waals surface area contributed by atoms with Crippen LogP contribution in [0.5, 0.6) is 0 Å². The van der Waals surface area contributed by atoms with E-state index in [0.717, 1.165) is 0 Å². The molecule has 0 saturated heterocycles. The van der Waals surface area contributed by atoms with Crippen molar-refractivity contribution in [3.8, 4) is 0 Å². The molecule has 1 aromatic rings. The molecular formula is C14H18N2O3. The number of rotatable bonds is 3. The van der Waals surface area contributed by atoms with Gasteiger partial charge in [-0.15, -0.1) is 0 Å². The molecule has 2 rings (SSSR count). The Morgan fingerprint density at radius 3 is 2.32 bits per heavy atom. The smallest absolute Gasteiger partial charge is 0.338 e. The highest BCUT2D eigenvalue weighted by atomic mass is 16.4. The van der Waals surface area contributed by atoms with Crippen LogP contribution in [0.15, 0.2) is 18.3 Å². The van der Waals surface area contributed by atoms with Gasteiger partial charge >= 0.3 is 5.97 Å². The predicted molar refractivity (Wildman–Crippen MR) is 70.0 cm³/mol. The van der Waals surface area contributed by atoms with Gasteiger partial charge in [0.15, 0.2) is 0 Å². The Hall–Kier alpha value is -1.91. The molecule has 0 atom stereocenters. The molecule has 1 saturated carbocycles. The number of aromatic carboxylic acids is 1. The minimum Gasteiger partial charge on any atom is -0.478 e. The maximum Gasteiger partial charge on any atom is 0.338 e. The molecule has 102 valence electrons. The second-order valence-corrected chi connectivity index (χ2v) is 6.05. The fourth-order valence-corrected chi connectivity index (χ4v) is 2.52. The van der Waals surface area contributed by atoms with Crippen LogP contribution in [-0.4, -0.2) is 28.0 Å². The van der Waals surface area contributed by atoms with Crippen molar-refractivity contribution in [2.45, 2.75) is 33.7 Å². The summed E-state index contributed by atoms with van der Waals surface area (Å²) in [5.74, 6) is -1.57. The molecule has 0 aromatic carbocycles. The first-order valence-electron chi connectivity index (χ1n) is 6.19. The number of pyridine rings is 1. The van der Waals surface area contributed by atoms with Crippen molar-refractivity contribution in [2.75, 3.05) is 0 Å². The minimum absolute atomic E-state index is 0.000821. The summed E-state index contributed by atoms with van der Waals surface area (Å²) in [4.78, 5) is 27.1. The van der Waals surface area contributed by atoms with Crippen molar-refractivity contribution < 1.29 is 14.7 Å². The van der Waals surface area contributed by atoms with Gasteiger partial charge in [0.1, 0.15) is 5.69 Å². The fourth-order valence-electron chi connectivity index (χ4n) is 2.52. The average molecular weight is 262 g/mol. The molecule has 5 nitrogen and oxygen atoms in total. The second kappa shape index (κ2) is 4.05. The van der Waals surface area contributed by atoms with Gasteiger partial charge in [-0.05, 0) is 23.0 Å². The summed E-state index contributed by atoms with van der Waals surface area (Å²) in [5.41, 5.74) is -0.105. The monoisotopic (exact) mass is 262 g/mol. The molecule has 1 heterocycles. The van der Waals surface area contributed by atoms with Crippen LogP contribution in [0.4, 0.5) is 0 Å². The number of hydrogen-bond acceptors (Lipinski definition) is 3. The van der Waals surface area contributed by atoms with Gasteiger partial charge in [0.25, 0.3) is 5.91 Å². The van der Waals surface area contributed by atoms with E-state index < -0.39 is 11.9 Å². The van der Waals surface area contributed by atoms with Crippen LogP contribution < -0.4 is 5.32 Å². The molecule has 1 aliphatic rings. The third kappa shape index (κ3) is 1.99. The van der Waals surface area contributed by atoms with E-state index in [1.165, 1.54) is 18.3 Å². The molecule has 19 heavy (non-hydrogen) atoms. The quantitative estimate of drug-likeness (QED) is 0.872. The molecule has 0 unspecified atom stereocenters. The number of carboxylic acid groups (broad SMARTS) is 1. The van der Waals surface area contributed by atoms with Crippen LogP contribution in [0, 0.1) is 10.8 Å². The number of carboxylic acids is 1. The lowest BCUT2D eigenvalue weighted by molar-refractivity contribution is 0.0689. The third-order valence-electron chi connectivity index (χ3n) is 4.55. The zero-order chi connectivity index (χ0) is 14.4. The molecule has 1 aliphatic carbocycles. The standard InChI is InChI=1S/C14H18N2O3/c1-13(2)12(14(13,3)4)16-10(17)9-8(11(18)19)6-5-7-15-9/h5-7,12H,1-4H3,(H,16,17)(H,18,19). The number of hydrogen-bond donors (Lipinski definition) is 2. The van der Waals surface area contributed by atoms with E-state index in [9.17, 15) is 9.59 Å². The maximum atomic E-state index is 12.2. The van der Waals surface area contributed by atoms with E-state index in [4.69, 9.17) is 5.11 Å². The maximum absolute atomic E-state index is 12.2. The fraction of sp³-hybridized carbons (Fsp3) is 0.500. The Labute approximate surface area is 112 Å². The largest absolute Gasteiger partial charge is 0.478 e. The summed E-state index contributed by atoms with van der Waals surface area (Å²) < 4.78 is 0. The molecule has 2 N–H and O–H groups in total. The van der Waals surface area contributed by atoms with Crippen molar-refractivity contribution in [3.05, 3.63) is 29.6 Å². The first-order valence-corrected chi connectivity index (χ1v) is 6.19. The second-order valence-electron chi connectivity index (χ2n) is 6.05. The van der Waals surface area contributed by atoms with Gasteiger partial charge in [-0.1, -0.05) is 27.7 Å². The summed E-state index contributed by atoms with van der Waals surface area (Å²) >= 11 is 0. The van der Waals surface area contributed by atoms with Crippen LogP contribution in [0.1, 0.15) is 48.5 Å². The molecule has 1 amide bonds. The van der Waals surface area contributed by atoms with Crippen molar-refractivity contribution in [2.24, 2.45) is 10.8 Å². The van der Waals surface area contributed by atoms with Gasteiger partial charge in [0, 0.05) is 12.2 Å². The van der Waals surface area contributed by atoms with Crippen LogP contribution >= 0.6 is 0 Å². The zero-order valence-corrected chi connectivity index (χ0v) is 11.5. The normalized spacial score (nSPS) is 19.8. The first-order chi connectivity index (χ1) is 8.69. The van der Waals surface area contributed by atoms with Crippen molar-refractivity contribution in [1.29, 1.82) is 0 Å². The van der Waals surface area contributed by atoms with Crippen molar-refractivity contribution in [1.82, 2.24) is 10.3 Å². The number of amides is 1. The van der Waals surface area contributed by atoms with Gasteiger partial charge in [-0.3, -0.25) is 9.78 Å². The Kier molecular flexibility index (Phi) is 2.88. The summed E-state index contributed by atoms with van der Waals surface area (Å²) in [7, 11) is 0. The van der Waals surface area contributed by atoms with Crippen LogP contribution in [0.3, 0.4) is 0 Å². The van der Waals surface area contributed by atoms with Gasteiger partial charge in [0.05, 0.1) is 5.56 Å². The summed E-state index contributed by atoms with van der Waals surface area (Å²) in [6.07, 6.45) is 1.42. The molecule has 0 radical (unpaired) electrons. The molecule has 0 aliphatic heterocycles. The highest BCUT2D eigenvalue weighted by Crippen LogP contribution is 2.62. The molecule has 1 fully saturated rings. The Balaban J connectivity index is 2.21. The highest BCUT2D eigenvalue weighted by Gasteiger charge is 2.65. The number of nitrogens with zero attached hydrogens (tertiary/aromatic N) is 1. The molecular weight excluding hydrogens is 244 g/mol. The lowest BCUT2D eigenvalue weighted by Gasteiger charge is -2.08. The topological polar surface area (TPSA) is 79.3 Å². The first kappa shape index (κ1) is 13.5. The van der Waals surface area contributed by atoms with Gasteiger partial charge in [0.2, 0.25) is 0 Å². The van der Waals surface area contributed by atoms with E-state index in [0.29, 0.717) is 0 Å². The SMILES string of the molecule is CC1(C)C(NC(=O)c2ncccc2C(=O)O)C1(C)C. The summed E-state index contributed by atoms with van der Waals surface area (Å²) in [6.45, 7) is 8.31. The highest BCUT2D eigenvalue weighted by molar-refractivity contribution is 6.03. The van der Waals surface area contributed by atoms with E-state index in [2.05, 4.69) is 38.0 Å². The van der Waals surface area contributed by atoms with Crippen molar-refractivity contribution >= 4 is 11.9 Å². The number of nitrogens with one attached hydrogen (secondary N) is 1. The molecule has 5 heteroatoms. The van der Waals surface area contributed by atoms with Gasteiger partial charge in [-0.2, -0.15) is 0 Å². The number of carbonyl (C=O) groups excluding carboxylic acids is 1. The van der Waals surface area contributed by atoms with Crippen molar-refractivity contribution in [3.63, 3.8) is 0 Å². The average Bonchev–Trinajstić information content (AvgIpc) is 2.71. The van der Waals surface area contributed by atoms with Gasteiger partial charge in [-0.25, -0.2) is 4.79 Å². The molecule has 1 aromatic heterocycles. The lowest BCUT2D eigenvalue weighted by atomic mass is 10.0. The lowest BCUT2D eigenvalue weighted by Crippen LogP contribution is -2.31. The number of aromatic nitrogens is 1. The number of carbonyl (C=O) groups is 2. The van der Waals surface area contributed by atoms with E-state index in [1.807, 2.05) is 0 Å².